The predicted octanol–water partition coefficient (Wildman–Crippen LogP) is 6.50. The topological polar surface area (TPSA) is 18.5 Å². The molecule has 0 aromatic rings. The molecule has 2 nitrogen and oxygen atoms in total. The van der Waals surface area contributed by atoms with Crippen LogP contribution in [0.2, 0.25) is 0 Å². The highest BCUT2D eigenvalue weighted by atomic mass is 16.7. The number of hydrogen-bond donors (Lipinski definition) is 0. The standard InChI is InChI=1S/C24H40O2/c1-2-5-20(6-3-1)22-12-14-23(15-13-22)21-10-7-19(8-11-21)9-16-24-25-17-4-18-26-24/h9,16,19-24H,1-8,10-15,17-18H2/b16-9+. The Hall–Kier alpha value is -0.340. The molecule has 1 heterocycles. The van der Waals surface area contributed by atoms with Crippen molar-refractivity contribution in [3.63, 3.8) is 0 Å². The van der Waals surface area contributed by atoms with Gasteiger partial charge in [0.25, 0.3) is 0 Å². The Bertz CT molecular complexity index is 417. The zero-order valence-electron chi connectivity index (χ0n) is 16.7. The normalized spacial score (nSPS) is 38.6. The second kappa shape index (κ2) is 9.73. The second-order valence-electron chi connectivity index (χ2n) is 9.60. The van der Waals surface area contributed by atoms with Gasteiger partial charge in [-0.3, -0.25) is 0 Å². The van der Waals surface area contributed by atoms with Gasteiger partial charge >= 0.3 is 0 Å². The Morgan fingerprint density at radius 2 is 0.962 bits per heavy atom. The molecule has 0 spiro atoms. The molecule has 4 aliphatic rings. The van der Waals surface area contributed by atoms with Crippen LogP contribution in [0.3, 0.4) is 0 Å². The summed E-state index contributed by atoms with van der Waals surface area (Å²) in [6.45, 7) is 1.70. The van der Waals surface area contributed by atoms with Crippen LogP contribution in [0.4, 0.5) is 0 Å². The molecule has 3 saturated carbocycles. The fourth-order valence-corrected chi connectivity index (χ4v) is 6.37. The lowest BCUT2D eigenvalue weighted by Gasteiger charge is -2.40. The first-order valence-corrected chi connectivity index (χ1v) is 11.8. The van der Waals surface area contributed by atoms with Crippen LogP contribution in [0.25, 0.3) is 0 Å². The highest BCUT2D eigenvalue weighted by Gasteiger charge is 2.33. The van der Waals surface area contributed by atoms with E-state index in [1.54, 1.807) is 25.7 Å². The molecule has 0 N–H and O–H groups in total. The van der Waals surface area contributed by atoms with E-state index >= 15 is 0 Å². The third-order valence-corrected chi connectivity index (χ3v) is 8.01. The molecule has 0 amide bonds. The Morgan fingerprint density at radius 1 is 0.462 bits per heavy atom. The first-order valence-electron chi connectivity index (χ1n) is 11.8. The molecule has 148 valence electrons. The minimum Gasteiger partial charge on any atom is -0.349 e. The fraction of sp³-hybridized carbons (Fsp3) is 0.917. The summed E-state index contributed by atoms with van der Waals surface area (Å²) in [7, 11) is 0. The molecule has 0 radical (unpaired) electrons. The molecule has 1 saturated heterocycles. The number of ether oxygens (including phenoxy) is 2. The van der Waals surface area contributed by atoms with Crippen molar-refractivity contribution >= 4 is 0 Å². The molecule has 4 fully saturated rings. The first kappa shape index (κ1) is 19.0. The van der Waals surface area contributed by atoms with Crippen LogP contribution in [-0.4, -0.2) is 19.5 Å². The molecule has 2 heteroatoms. The van der Waals surface area contributed by atoms with Crippen LogP contribution in [0, 0.1) is 29.6 Å². The SMILES string of the molecule is C(=C\C1OCCCO1)/C1CCC(C2CCC(C3CCCCC3)CC2)CC1. The monoisotopic (exact) mass is 360 g/mol. The van der Waals surface area contributed by atoms with Crippen LogP contribution >= 0.6 is 0 Å². The summed E-state index contributed by atoms with van der Waals surface area (Å²) >= 11 is 0. The first-order chi connectivity index (χ1) is 12.9. The van der Waals surface area contributed by atoms with E-state index in [0.717, 1.165) is 49.2 Å². The second-order valence-corrected chi connectivity index (χ2v) is 9.60. The zero-order valence-corrected chi connectivity index (χ0v) is 16.7. The smallest absolute Gasteiger partial charge is 0.176 e. The lowest BCUT2D eigenvalue weighted by molar-refractivity contribution is -0.150. The number of rotatable bonds is 4. The van der Waals surface area contributed by atoms with Gasteiger partial charge in [0.05, 0.1) is 13.2 Å². The van der Waals surface area contributed by atoms with E-state index in [-0.39, 0.29) is 6.29 Å². The molecule has 1 aliphatic heterocycles. The van der Waals surface area contributed by atoms with E-state index in [1.165, 1.54) is 57.8 Å². The van der Waals surface area contributed by atoms with Gasteiger partial charge in [-0.25, -0.2) is 0 Å². The van der Waals surface area contributed by atoms with E-state index in [4.69, 9.17) is 9.47 Å². The Morgan fingerprint density at radius 3 is 1.54 bits per heavy atom. The Kier molecular flexibility index (Phi) is 7.11. The summed E-state index contributed by atoms with van der Waals surface area (Å²) in [6.07, 6.45) is 25.0. The summed E-state index contributed by atoms with van der Waals surface area (Å²) in [5, 5.41) is 0. The maximum atomic E-state index is 5.64. The summed E-state index contributed by atoms with van der Waals surface area (Å²) in [6, 6.07) is 0. The van der Waals surface area contributed by atoms with E-state index in [2.05, 4.69) is 12.2 Å². The van der Waals surface area contributed by atoms with Gasteiger partial charge in [0.15, 0.2) is 6.29 Å². The van der Waals surface area contributed by atoms with Gasteiger partial charge in [-0.1, -0.05) is 38.2 Å². The van der Waals surface area contributed by atoms with Crippen molar-refractivity contribution in [3.8, 4) is 0 Å². The molecule has 0 unspecified atom stereocenters. The van der Waals surface area contributed by atoms with Crippen LogP contribution in [0.1, 0.15) is 89.9 Å². The molecular formula is C24H40O2. The van der Waals surface area contributed by atoms with Crippen molar-refractivity contribution in [2.75, 3.05) is 13.2 Å². The lowest BCUT2D eigenvalue weighted by atomic mass is 9.66. The highest BCUT2D eigenvalue weighted by molar-refractivity contribution is 4.95. The third kappa shape index (κ3) is 5.13. The minimum atomic E-state index is -0.0726. The third-order valence-electron chi connectivity index (χ3n) is 8.01. The molecule has 4 rings (SSSR count). The van der Waals surface area contributed by atoms with Crippen LogP contribution < -0.4 is 0 Å². The number of allylic oxidation sites excluding steroid dienone is 1. The molecule has 0 atom stereocenters. The van der Waals surface area contributed by atoms with E-state index in [0.29, 0.717) is 0 Å². The van der Waals surface area contributed by atoms with Crippen molar-refractivity contribution in [2.24, 2.45) is 29.6 Å². The van der Waals surface area contributed by atoms with Gasteiger partial charge in [-0.15, -0.1) is 0 Å². The average Bonchev–Trinajstić information content (AvgIpc) is 2.74. The Balaban J connectivity index is 1.16. The molecule has 0 aromatic carbocycles. The summed E-state index contributed by atoms with van der Waals surface area (Å²) < 4.78 is 11.3. The van der Waals surface area contributed by atoms with E-state index < -0.39 is 0 Å². The van der Waals surface area contributed by atoms with Crippen molar-refractivity contribution in [2.45, 2.75) is 96.2 Å². The van der Waals surface area contributed by atoms with Gasteiger partial charge in [0, 0.05) is 0 Å². The van der Waals surface area contributed by atoms with E-state index in [9.17, 15) is 0 Å². The lowest BCUT2D eigenvalue weighted by Crippen LogP contribution is -2.28. The summed E-state index contributed by atoms with van der Waals surface area (Å²) in [5.41, 5.74) is 0. The molecule has 0 bridgehead atoms. The van der Waals surface area contributed by atoms with Gasteiger partial charge in [0.2, 0.25) is 0 Å². The van der Waals surface area contributed by atoms with Gasteiger partial charge in [0.1, 0.15) is 0 Å². The summed E-state index contributed by atoms with van der Waals surface area (Å²) in [5.74, 6) is 5.01. The predicted molar refractivity (Wildman–Crippen MR) is 107 cm³/mol. The van der Waals surface area contributed by atoms with Gasteiger partial charge in [-0.2, -0.15) is 0 Å². The minimum absolute atomic E-state index is 0.0726. The fourth-order valence-electron chi connectivity index (χ4n) is 6.37. The quantitative estimate of drug-likeness (QED) is 0.533. The largest absolute Gasteiger partial charge is 0.349 e. The highest BCUT2D eigenvalue weighted by Crippen LogP contribution is 2.45. The maximum absolute atomic E-state index is 5.64. The van der Waals surface area contributed by atoms with Crippen molar-refractivity contribution < 1.29 is 9.47 Å². The Labute approximate surface area is 161 Å². The molecule has 26 heavy (non-hydrogen) atoms. The van der Waals surface area contributed by atoms with Crippen molar-refractivity contribution in [1.82, 2.24) is 0 Å². The zero-order chi connectivity index (χ0) is 17.6. The number of hydrogen-bond acceptors (Lipinski definition) is 2. The van der Waals surface area contributed by atoms with E-state index in [1.807, 2.05) is 0 Å². The molecular weight excluding hydrogens is 320 g/mol. The van der Waals surface area contributed by atoms with Crippen LogP contribution in [-0.2, 0) is 9.47 Å². The maximum Gasteiger partial charge on any atom is 0.176 e. The van der Waals surface area contributed by atoms with Crippen molar-refractivity contribution in [1.29, 1.82) is 0 Å². The average molecular weight is 361 g/mol. The van der Waals surface area contributed by atoms with Gasteiger partial charge < -0.3 is 9.47 Å². The van der Waals surface area contributed by atoms with Crippen LogP contribution in [0.5, 0.6) is 0 Å². The van der Waals surface area contributed by atoms with Crippen LogP contribution in [0.15, 0.2) is 12.2 Å². The van der Waals surface area contributed by atoms with Crippen molar-refractivity contribution in [3.05, 3.63) is 12.2 Å². The van der Waals surface area contributed by atoms with Gasteiger partial charge in [-0.05, 0) is 93.5 Å². The molecule has 0 aromatic heterocycles. The summed E-state index contributed by atoms with van der Waals surface area (Å²) in [4.78, 5) is 0. The molecule has 3 aliphatic carbocycles.